The van der Waals surface area contributed by atoms with E-state index in [1.54, 1.807) is 17.1 Å². The molecule has 1 N–H and O–H groups in total. The van der Waals surface area contributed by atoms with Crippen molar-refractivity contribution in [3.05, 3.63) is 42.0 Å². The maximum absolute atomic E-state index is 12.5. The number of nitrogens with zero attached hydrogens (tertiary/aromatic N) is 5. The number of rotatable bonds is 3. The molecular weight excluding hydrogens is 351 g/mol. The summed E-state index contributed by atoms with van der Waals surface area (Å²) in [6.45, 7) is 6.05. The third-order valence-corrected chi connectivity index (χ3v) is 3.65. The molecular formula is C15H22Cl2N6O. The van der Waals surface area contributed by atoms with Crippen LogP contribution in [0.25, 0.3) is 0 Å². The minimum Gasteiger partial charge on any atom is -0.334 e. The molecule has 2 aromatic heterocycles. The van der Waals surface area contributed by atoms with Crippen LogP contribution in [0.2, 0.25) is 0 Å². The van der Waals surface area contributed by atoms with Gasteiger partial charge in [0, 0.05) is 31.4 Å². The Bertz CT molecular complexity index is 640. The van der Waals surface area contributed by atoms with Crippen molar-refractivity contribution in [1.82, 2.24) is 30.2 Å². The average molecular weight is 373 g/mol. The fourth-order valence-electron chi connectivity index (χ4n) is 2.79. The fraction of sp³-hybridized carbons (Fsp3) is 0.467. The molecule has 7 nitrogen and oxygen atoms in total. The van der Waals surface area contributed by atoms with Gasteiger partial charge in [0.05, 0.1) is 18.4 Å². The molecule has 132 valence electrons. The van der Waals surface area contributed by atoms with Crippen LogP contribution in [-0.4, -0.2) is 56.0 Å². The number of nitrogens with one attached hydrogen (secondary N) is 1. The van der Waals surface area contributed by atoms with Crippen LogP contribution in [0.1, 0.15) is 30.0 Å². The van der Waals surface area contributed by atoms with Gasteiger partial charge in [0.25, 0.3) is 5.91 Å². The monoisotopic (exact) mass is 372 g/mol. The van der Waals surface area contributed by atoms with Crippen LogP contribution >= 0.6 is 24.8 Å². The summed E-state index contributed by atoms with van der Waals surface area (Å²) in [5.41, 5.74) is 1.27. The quantitative estimate of drug-likeness (QED) is 0.880. The number of amides is 1. The third kappa shape index (κ3) is 4.90. The first-order chi connectivity index (χ1) is 10.6. The number of pyridine rings is 1. The molecule has 1 aliphatic heterocycles. The fourth-order valence-corrected chi connectivity index (χ4v) is 2.79. The Morgan fingerprint density at radius 2 is 1.96 bits per heavy atom. The standard InChI is InChI=1S/C15H20N6O.2ClH/c1-11-7-20(8-12(2)17-11)15(22)14-10-21(19-18-14)9-13-5-3-4-6-16-13;;/h3-6,10-12,17H,7-9H2,1-2H3;2*1H. The molecule has 0 aromatic carbocycles. The Morgan fingerprint density at radius 3 is 2.58 bits per heavy atom. The second-order valence-electron chi connectivity index (χ2n) is 5.80. The summed E-state index contributed by atoms with van der Waals surface area (Å²) < 4.78 is 1.64. The van der Waals surface area contributed by atoms with E-state index in [0.29, 0.717) is 25.3 Å². The van der Waals surface area contributed by atoms with Crippen LogP contribution in [0, 0.1) is 0 Å². The maximum Gasteiger partial charge on any atom is 0.276 e. The lowest BCUT2D eigenvalue weighted by Crippen LogP contribution is -2.55. The molecule has 1 fully saturated rings. The van der Waals surface area contributed by atoms with Crippen LogP contribution < -0.4 is 5.32 Å². The highest BCUT2D eigenvalue weighted by Gasteiger charge is 2.27. The van der Waals surface area contributed by atoms with E-state index in [2.05, 4.69) is 34.5 Å². The molecule has 0 saturated carbocycles. The van der Waals surface area contributed by atoms with E-state index in [1.165, 1.54) is 0 Å². The lowest BCUT2D eigenvalue weighted by atomic mass is 10.1. The number of halogens is 2. The number of aromatic nitrogens is 4. The molecule has 0 radical (unpaired) electrons. The van der Waals surface area contributed by atoms with Gasteiger partial charge in [-0.2, -0.15) is 0 Å². The van der Waals surface area contributed by atoms with Gasteiger partial charge >= 0.3 is 0 Å². The largest absolute Gasteiger partial charge is 0.334 e. The van der Waals surface area contributed by atoms with Gasteiger partial charge in [-0.3, -0.25) is 9.78 Å². The van der Waals surface area contributed by atoms with Crippen molar-refractivity contribution in [1.29, 1.82) is 0 Å². The Hall–Kier alpha value is -1.70. The van der Waals surface area contributed by atoms with E-state index >= 15 is 0 Å². The zero-order chi connectivity index (χ0) is 15.5. The Balaban J connectivity index is 0.00000144. The van der Waals surface area contributed by atoms with Gasteiger partial charge in [0.2, 0.25) is 0 Å². The minimum absolute atomic E-state index is 0. The molecule has 2 unspecified atom stereocenters. The van der Waals surface area contributed by atoms with Crippen LogP contribution in [0.15, 0.2) is 30.6 Å². The van der Waals surface area contributed by atoms with Gasteiger partial charge in [-0.1, -0.05) is 11.3 Å². The third-order valence-electron chi connectivity index (χ3n) is 3.65. The Kier molecular flexibility index (Phi) is 7.59. The average Bonchev–Trinajstić information content (AvgIpc) is 2.95. The first-order valence-electron chi connectivity index (χ1n) is 7.47. The van der Waals surface area contributed by atoms with Crippen LogP contribution in [0.4, 0.5) is 0 Å². The van der Waals surface area contributed by atoms with Crippen molar-refractivity contribution in [2.24, 2.45) is 0 Å². The zero-order valence-electron chi connectivity index (χ0n) is 13.6. The van der Waals surface area contributed by atoms with Crippen LogP contribution in [0.5, 0.6) is 0 Å². The van der Waals surface area contributed by atoms with Gasteiger partial charge < -0.3 is 10.2 Å². The van der Waals surface area contributed by atoms with E-state index in [9.17, 15) is 4.79 Å². The van der Waals surface area contributed by atoms with Crippen LogP contribution in [-0.2, 0) is 6.54 Å². The van der Waals surface area contributed by atoms with Gasteiger partial charge in [-0.15, -0.1) is 29.9 Å². The second kappa shape index (κ2) is 8.96. The predicted molar refractivity (Wildman–Crippen MR) is 95.8 cm³/mol. The van der Waals surface area contributed by atoms with E-state index < -0.39 is 0 Å². The van der Waals surface area contributed by atoms with Gasteiger partial charge in [0.1, 0.15) is 0 Å². The summed E-state index contributed by atoms with van der Waals surface area (Å²) in [7, 11) is 0. The molecule has 1 amide bonds. The lowest BCUT2D eigenvalue weighted by Gasteiger charge is -2.35. The molecule has 0 aliphatic carbocycles. The summed E-state index contributed by atoms with van der Waals surface area (Å²) in [5.74, 6) is -0.0625. The highest BCUT2D eigenvalue weighted by molar-refractivity contribution is 5.92. The second-order valence-corrected chi connectivity index (χ2v) is 5.80. The maximum atomic E-state index is 12.5. The molecule has 9 heteroatoms. The molecule has 24 heavy (non-hydrogen) atoms. The Labute approximate surface area is 153 Å². The van der Waals surface area contributed by atoms with Crippen molar-refractivity contribution in [2.45, 2.75) is 32.5 Å². The Morgan fingerprint density at radius 1 is 1.25 bits per heavy atom. The SMILES string of the molecule is CC1CN(C(=O)c2cn(Cc3ccccn3)nn2)CC(C)N1.Cl.Cl. The molecule has 1 aliphatic rings. The lowest BCUT2D eigenvalue weighted by molar-refractivity contribution is 0.0667. The molecule has 3 rings (SSSR count). The normalized spacial score (nSPS) is 20.0. The summed E-state index contributed by atoms with van der Waals surface area (Å²) in [5, 5.41) is 11.5. The van der Waals surface area contributed by atoms with E-state index in [4.69, 9.17) is 0 Å². The van der Waals surface area contributed by atoms with Crippen molar-refractivity contribution in [3.63, 3.8) is 0 Å². The molecule has 2 atom stereocenters. The predicted octanol–water partition coefficient (Wildman–Crippen LogP) is 1.39. The zero-order valence-corrected chi connectivity index (χ0v) is 15.3. The number of carbonyl (C=O) groups excluding carboxylic acids is 1. The van der Waals surface area contributed by atoms with Gasteiger partial charge in [0.15, 0.2) is 5.69 Å². The van der Waals surface area contributed by atoms with Gasteiger partial charge in [-0.25, -0.2) is 4.68 Å². The van der Waals surface area contributed by atoms with Gasteiger partial charge in [-0.05, 0) is 26.0 Å². The minimum atomic E-state index is -0.0625. The van der Waals surface area contributed by atoms with Crippen molar-refractivity contribution in [2.75, 3.05) is 13.1 Å². The topological polar surface area (TPSA) is 75.9 Å². The highest BCUT2D eigenvalue weighted by atomic mass is 35.5. The number of hydrogen-bond donors (Lipinski definition) is 1. The van der Waals surface area contributed by atoms with E-state index in [1.807, 2.05) is 23.1 Å². The summed E-state index contributed by atoms with van der Waals surface area (Å²) >= 11 is 0. The molecule has 2 aromatic rings. The molecule has 0 spiro atoms. The van der Waals surface area contributed by atoms with Crippen molar-refractivity contribution in [3.8, 4) is 0 Å². The van der Waals surface area contributed by atoms with E-state index in [-0.39, 0.29) is 42.8 Å². The number of carbonyl (C=O) groups is 1. The summed E-state index contributed by atoms with van der Waals surface area (Å²) in [6.07, 6.45) is 3.43. The first-order valence-corrected chi connectivity index (χ1v) is 7.47. The molecule has 0 bridgehead atoms. The highest BCUT2D eigenvalue weighted by Crippen LogP contribution is 2.09. The number of piperazine rings is 1. The van der Waals surface area contributed by atoms with Crippen LogP contribution in [0.3, 0.4) is 0 Å². The summed E-state index contributed by atoms with van der Waals surface area (Å²) in [4.78, 5) is 18.6. The van der Waals surface area contributed by atoms with Crippen molar-refractivity contribution < 1.29 is 4.79 Å². The van der Waals surface area contributed by atoms with Crippen molar-refractivity contribution >= 4 is 30.7 Å². The summed E-state index contributed by atoms with van der Waals surface area (Å²) in [6, 6.07) is 6.29. The first kappa shape index (κ1) is 20.3. The molecule has 1 saturated heterocycles. The smallest absolute Gasteiger partial charge is 0.276 e. The molecule has 3 heterocycles. The number of hydrogen-bond acceptors (Lipinski definition) is 5. The van der Waals surface area contributed by atoms with E-state index in [0.717, 1.165) is 5.69 Å².